The fraction of sp³-hybridized carbons (Fsp3) is 0.909. The van der Waals surface area contributed by atoms with E-state index in [2.05, 4.69) is 17.1 Å². The van der Waals surface area contributed by atoms with Gasteiger partial charge in [0, 0.05) is 26.2 Å². The molecule has 2 rings (SSSR count). The maximum absolute atomic E-state index is 11.7. The van der Waals surface area contributed by atoms with Gasteiger partial charge in [-0.2, -0.15) is 0 Å². The number of carbonyl (C=O) groups excluding carboxylic acids is 1. The second kappa shape index (κ2) is 4.49. The summed E-state index contributed by atoms with van der Waals surface area (Å²) in [5.74, 6) is 1.01. The van der Waals surface area contributed by atoms with Crippen LogP contribution in [0.15, 0.2) is 0 Å². The van der Waals surface area contributed by atoms with E-state index < -0.39 is 0 Å². The number of likely N-dealkylation sites (N-methyl/N-ethyl adjacent to an activating group) is 1. The average molecular weight is 211 g/mol. The summed E-state index contributed by atoms with van der Waals surface area (Å²) in [4.78, 5) is 15.8. The lowest BCUT2D eigenvalue weighted by atomic mass is 10.1. The molecule has 0 aromatic rings. The third-order valence-corrected chi connectivity index (χ3v) is 3.61. The van der Waals surface area contributed by atoms with Crippen LogP contribution in [-0.2, 0) is 4.79 Å². The number of hydrogen-bond donors (Lipinski definition) is 1. The fourth-order valence-corrected chi connectivity index (χ4v) is 2.48. The Hall–Kier alpha value is -0.610. The predicted molar refractivity (Wildman–Crippen MR) is 59.6 cm³/mol. The van der Waals surface area contributed by atoms with E-state index in [1.807, 2.05) is 11.9 Å². The third-order valence-electron chi connectivity index (χ3n) is 3.61. The van der Waals surface area contributed by atoms with Crippen molar-refractivity contribution in [3.63, 3.8) is 0 Å². The summed E-state index contributed by atoms with van der Waals surface area (Å²) in [6, 6.07) is 0.362. The Labute approximate surface area is 91.6 Å². The summed E-state index contributed by atoms with van der Waals surface area (Å²) < 4.78 is 0. The monoisotopic (exact) mass is 211 g/mol. The van der Waals surface area contributed by atoms with E-state index in [1.54, 1.807) is 0 Å². The van der Waals surface area contributed by atoms with Crippen LogP contribution >= 0.6 is 0 Å². The first-order valence-electron chi connectivity index (χ1n) is 5.85. The van der Waals surface area contributed by atoms with Gasteiger partial charge in [0.25, 0.3) is 0 Å². The van der Waals surface area contributed by atoms with Crippen molar-refractivity contribution >= 4 is 5.91 Å². The molecular weight excluding hydrogens is 190 g/mol. The van der Waals surface area contributed by atoms with Gasteiger partial charge in [0.15, 0.2) is 0 Å². The standard InChI is InChI=1S/C11H21N3O/c1-9-6-14(8-11(15)13(9)2)7-10-3-4-12-5-10/h9-10,12H,3-8H2,1-2H3. The van der Waals surface area contributed by atoms with Crippen molar-refractivity contribution in [1.82, 2.24) is 15.1 Å². The van der Waals surface area contributed by atoms with Gasteiger partial charge in [-0.15, -0.1) is 0 Å². The lowest BCUT2D eigenvalue weighted by Crippen LogP contribution is -2.54. The second-order valence-corrected chi connectivity index (χ2v) is 4.91. The Morgan fingerprint density at radius 2 is 2.33 bits per heavy atom. The molecule has 1 amide bonds. The van der Waals surface area contributed by atoms with Crippen LogP contribution in [0, 0.1) is 5.92 Å². The van der Waals surface area contributed by atoms with Gasteiger partial charge < -0.3 is 10.2 Å². The number of nitrogens with one attached hydrogen (secondary N) is 1. The summed E-state index contributed by atoms with van der Waals surface area (Å²) in [5, 5.41) is 3.37. The number of carbonyl (C=O) groups is 1. The summed E-state index contributed by atoms with van der Waals surface area (Å²) in [7, 11) is 1.90. The number of piperazine rings is 1. The quantitative estimate of drug-likeness (QED) is 0.684. The number of nitrogens with zero attached hydrogens (tertiary/aromatic N) is 2. The lowest BCUT2D eigenvalue weighted by Gasteiger charge is -2.38. The van der Waals surface area contributed by atoms with Crippen LogP contribution in [0.1, 0.15) is 13.3 Å². The molecule has 2 atom stereocenters. The Morgan fingerprint density at radius 1 is 1.53 bits per heavy atom. The molecule has 2 unspecified atom stereocenters. The van der Waals surface area contributed by atoms with Crippen LogP contribution < -0.4 is 5.32 Å². The van der Waals surface area contributed by atoms with Crippen LogP contribution in [0.4, 0.5) is 0 Å². The first-order chi connectivity index (χ1) is 7.16. The molecule has 86 valence electrons. The zero-order valence-electron chi connectivity index (χ0n) is 9.70. The molecule has 15 heavy (non-hydrogen) atoms. The van der Waals surface area contributed by atoms with Crippen molar-refractivity contribution in [1.29, 1.82) is 0 Å². The number of rotatable bonds is 2. The minimum atomic E-state index is 0.264. The maximum Gasteiger partial charge on any atom is 0.236 e. The van der Waals surface area contributed by atoms with Crippen LogP contribution in [0.2, 0.25) is 0 Å². The van der Waals surface area contributed by atoms with Gasteiger partial charge in [-0.05, 0) is 32.4 Å². The third kappa shape index (κ3) is 2.49. The summed E-state index contributed by atoms with van der Waals surface area (Å²) in [6.07, 6.45) is 1.26. The lowest BCUT2D eigenvalue weighted by molar-refractivity contribution is -0.137. The van der Waals surface area contributed by atoms with Crippen LogP contribution in [0.3, 0.4) is 0 Å². The van der Waals surface area contributed by atoms with Gasteiger partial charge in [-0.1, -0.05) is 0 Å². The normalized spacial score (nSPS) is 33.7. The van der Waals surface area contributed by atoms with Crippen molar-refractivity contribution in [2.45, 2.75) is 19.4 Å². The smallest absolute Gasteiger partial charge is 0.236 e. The molecule has 4 nitrogen and oxygen atoms in total. The Kier molecular flexibility index (Phi) is 3.26. The SMILES string of the molecule is CC1CN(CC2CCNC2)CC(=O)N1C. The molecule has 2 aliphatic heterocycles. The van der Waals surface area contributed by atoms with E-state index >= 15 is 0 Å². The molecule has 0 bridgehead atoms. The average Bonchev–Trinajstić information content (AvgIpc) is 2.66. The number of amides is 1. The summed E-state index contributed by atoms with van der Waals surface area (Å²) in [6.45, 7) is 7.10. The molecule has 2 heterocycles. The van der Waals surface area contributed by atoms with Gasteiger partial charge in [-0.3, -0.25) is 9.69 Å². The minimum Gasteiger partial charge on any atom is -0.341 e. The Morgan fingerprint density at radius 3 is 2.93 bits per heavy atom. The van der Waals surface area contributed by atoms with Gasteiger partial charge in [-0.25, -0.2) is 0 Å². The molecule has 0 saturated carbocycles. The van der Waals surface area contributed by atoms with Crippen molar-refractivity contribution in [3.8, 4) is 0 Å². The van der Waals surface area contributed by atoms with E-state index in [0.29, 0.717) is 12.6 Å². The zero-order valence-corrected chi connectivity index (χ0v) is 9.70. The zero-order chi connectivity index (χ0) is 10.8. The molecule has 0 aliphatic carbocycles. The van der Waals surface area contributed by atoms with Crippen molar-refractivity contribution in [2.24, 2.45) is 5.92 Å². The highest BCUT2D eigenvalue weighted by molar-refractivity contribution is 5.79. The fourth-order valence-electron chi connectivity index (χ4n) is 2.48. The molecule has 2 aliphatic rings. The predicted octanol–water partition coefficient (Wildman–Crippen LogP) is -0.242. The van der Waals surface area contributed by atoms with E-state index in [9.17, 15) is 4.79 Å². The molecule has 0 aromatic carbocycles. The van der Waals surface area contributed by atoms with E-state index in [1.165, 1.54) is 6.42 Å². The van der Waals surface area contributed by atoms with Gasteiger partial charge in [0.1, 0.15) is 0 Å². The highest BCUT2D eigenvalue weighted by Crippen LogP contribution is 2.14. The van der Waals surface area contributed by atoms with Crippen molar-refractivity contribution in [3.05, 3.63) is 0 Å². The topological polar surface area (TPSA) is 35.6 Å². The van der Waals surface area contributed by atoms with Crippen LogP contribution in [-0.4, -0.2) is 61.5 Å². The largest absolute Gasteiger partial charge is 0.341 e. The highest BCUT2D eigenvalue weighted by atomic mass is 16.2. The molecule has 0 aromatic heterocycles. The molecule has 0 spiro atoms. The van der Waals surface area contributed by atoms with Crippen LogP contribution in [0.5, 0.6) is 0 Å². The summed E-state index contributed by atoms with van der Waals surface area (Å²) >= 11 is 0. The van der Waals surface area contributed by atoms with Crippen molar-refractivity contribution in [2.75, 3.05) is 39.8 Å². The Bertz CT molecular complexity index is 238. The van der Waals surface area contributed by atoms with E-state index in [4.69, 9.17) is 0 Å². The van der Waals surface area contributed by atoms with Gasteiger partial charge >= 0.3 is 0 Å². The Balaban J connectivity index is 1.85. The van der Waals surface area contributed by atoms with Gasteiger partial charge in [0.2, 0.25) is 5.91 Å². The first-order valence-corrected chi connectivity index (χ1v) is 5.85. The molecule has 2 fully saturated rings. The first kappa shape index (κ1) is 10.9. The second-order valence-electron chi connectivity index (χ2n) is 4.91. The molecule has 2 saturated heterocycles. The number of hydrogen-bond acceptors (Lipinski definition) is 3. The highest BCUT2D eigenvalue weighted by Gasteiger charge is 2.28. The summed E-state index contributed by atoms with van der Waals surface area (Å²) in [5.41, 5.74) is 0. The molecule has 4 heteroatoms. The van der Waals surface area contributed by atoms with E-state index in [0.717, 1.165) is 32.1 Å². The van der Waals surface area contributed by atoms with Crippen molar-refractivity contribution < 1.29 is 4.79 Å². The van der Waals surface area contributed by atoms with Gasteiger partial charge in [0.05, 0.1) is 6.54 Å². The molecule has 1 N–H and O–H groups in total. The van der Waals surface area contributed by atoms with Crippen LogP contribution in [0.25, 0.3) is 0 Å². The minimum absolute atomic E-state index is 0.264. The van der Waals surface area contributed by atoms with E-state index in [-0.39, 0.29) is 5.91 Å². The maximum atomic E-state index is 11.7. The molecule has 0 radical (unpaired) electrons. The molecular formula is C11H21N3O.